The van der Waals surface area contributed by atoms with Crippen LogP contribution in [0, 0.1) is 0 Å². The van der Waals surface area contributed by atoms with Crippen molar-refractivity contribution in [2.75, 3.05) is 25.1 Å². The monoisotopic (exact) mass is 195 g/mol. The summed E-state index contributed by atoms with van der Waals surface area (Å²) in [7, 11) is 1.55. The van der Waals surface area contributed by atoms with Crippen LogP contribution in [0.5, 0.6) is 11.5 Å². The maximum absolute atomic E-state index is 9.58. The number of aromatic hydroxyl groups is 1. The van der Waals surface area contributed by atoms with Gasteiger partial charge in [-0.3, -0.25) is 0 Å². The molecule has 0 atom stereocenters. The first-order chi connectivity index (χ1) is 6.72. The van der Waals surface area contributed by atoms with Crippen molar-refractivity contribution < 1.29 is 9.84 Å². The van der Waals surface area contributed by atoms with E-state index in [2.05, 4.69) is 18.7 Å². The molecule has 0 saturated heterocycles. The van der Waals surface area contributed by atoms with Gasteiger partial charge in [0.2, 0.25) is 0 Å². The Bertz CT molecular complexity index is 295. The Morgan fingerprint density at radius 3 is 2.36 bits per heavy atom. The van der Waals surface area contributed by atoms with Crippen molar-refractivity contribution in [1.29, 1.82) is 0 Å². The molecule has 3 nitrogen and oxygen atoms in total. The van der Waals surface area contributed by atoms with E-state index in [1.54, 1.807) is 19.2 Å². The topological polar surface area (TPSA) is 32.7 Å². The lowest BCUT2D eigenvalue weighted by atomic mass is 10.2. The van der Waals surface area contributed by atoms with E-state index in [0.717, 1.165) is 18.8 Å². The summed E-state index contributed by atoms with van der Waals surface area (Å²) in [6, 6.07) is 5.46. The number of methoxy groups -OCH3 is 1. The molecule has 3 heteroatoms. The maximum Gasteiger partial charge on any atom is 0.160 e. The second-order valence-electron chi connectivity index (χ2n) is 3.03. The lowest BCUT2D eigenvalue weighted by Crippen LogP contribution is -2.21. The van der Waals surface area contributed by atoms with Crippen molar-refractivity contribution in [3.8, 4) is 11.5 Å². The standard InChI is InChI=1S/C11H17NO2/c1-4-12(5-2)9-6-7-11(14-3)10(13)8-9/h6-8,13H,4-5H2,1-3H3. The van der Waals surface area contributed by atoms with Crippen molar-refractivity contribution in [2.24, 2.45) is 0 Å². The fourth-order valence-electron chi connectivity index (χ4n) is 1.46. The van der Waals surface area contributed by atoms with E-state index in [0.29, 0.717) is 5.75 Å². The van der Waals surface area contributed by atoms with Crippen LogP contribution in [0.2, 0.25) is 0 Å². The number of phenolic OH excluding ortho intramolecular Hbond substituents is 1. The van der Waals surface area contributed by atoms with Gasteiger partial charge in [-0.1, -0.05) is 0 Å². The SMILES string of the molecule is CCN(CC)c1ccc(OC)c(O)c1. The average Bonchev–Trinajstić information content (AvgIpc) is 2.20. The van der Waals surface area contributed by atoms with Gasteiger partial charge in [0.25, 0.3) is 0 Å². The molecule has 0 saturated carbocycles. The molecule has 1 N–H and O–H groups in total. The average molecular weight is 195 g/mol. The first-order valence-electron chi connectivity index (χ1n) is 4.84. The van der Waals surface area contributed by atoms with Crippen LogP contribution in [-0.4, -0.2) is 25.3 Å². The summed E-state index contributed by atoms with van der Waals surface area (Å²) >= 11 is 0. The van der Waals surface area contributed by atoms with Crippen LogP contribution in [-0.2, 0) is 0 Å². The highest BCUT2D eigenvalue weighted by molar-refractivity contribution is 5.55. The molecule has 0 unspecified atom stereocenters. The quantitative estimate of drug-likeness (QED) is 0.799. The maximum atomic E-state index is 9.58. The van der Waals surface area contributed by atoms with Crippen molar-refractivity contribution in [3.63, 3.8) is 0 Å². The number of rotatable bonds is 4. The van der Waals surface area contributed by atoms with E-state index in [9.17, 15) is 5.11 Å². The lowest BCUT2D eigenvalue weighted by Gasteiger charge is -2.21. The fourth-order valence-corrected chi connectivity index (χ4v) is 1.46. The van der Waals surface area contributed by atoms with Crippen molar-refractivity contribution in [3.05, 3.63) is 18.2 Å². The Morgan fingerprint density at radius 1 is 1.29 bits per heavy atom. The van der Waals surface area contributed by atoms with Crippen LogP contribution in [0.1, 0.15) is 13.8 Å². The summed E-state index contributed by atoms with van der Waals surface area (Å²) in [6.45, 7) is 6.04. The van der Waals surface area contributed by atoms with Gasteiger partial charge in [-0.2, -0.15) is 0 Å². The van der Waals surface area contributed by atoms with Gasteiger partial charge < -0.3 is 14.7 Å². The van der Waals surface area contributed by atoms with Crippen LogP contribution < -0.4 is 9.64 Å². The van der Waals surface area contributed by atoms with Crippen LogP contribution in [0.25, 0.3) is 0 Å². The molecule has 0 aliphatic carbocycles. The molecule has 0 spiro atoms. The molecular formula is C11H17NO2. The molecule has 0 fully saturated rings. The molecule has 0 amide bonds. The largest absolute Gasteiger partial charge is 0.504 e. The minimum Gasteiger partial charge on any atom is -0.504 e. The molecule has 0 bridgehead atoms. The third-order valence-electron chi connectivity index (χ3n) is 2.29. The highest BCUT2D eigenvalue weighted by Gasteiger charge is 2.06. The first kappa shape index (κ1) is 10.7. The third kappa shape index (κ3) is 2.10. The Labute approximate surface area is 84.9 Å². The van der Waals surface area contributed by atoms with E-state index >= 15 is 0 Å². The Balaban J connectivity index is 2.95. The molecule has 14 heavy (non-hydrogen) atoms. The van der Waals surface area contributed by atoms with Crippen LogP contribution in [0.3, 0.4) is 0 Å². The van der Waals surface area contributed by atoms with E-state index in [1.165, 1.54) is 0 Å². The second-order valence-corrected chi connectivity index (χ2v) is 3.03. The molecule has 0 aliphatic heterocycles. The predicted octanol–water partition coefficient (Wildman–Crippen LogP) is 2.25. The molecular weight excluding hydrogens is 178 g/mol. The van der Waals surface area contributed by atoms with Gasteiger partial charge in [0.15, 0.2) is 11.5 Å². The van der Waals surface area contributed by atoms with E-state index in [1.807, 2.05) is 6.07 Å². The lowest BCUT2D eigenvalue weighted by molar-refractivity contribution is 0.373. The summed E-state index contributed by atoms with van der Waals surface area (Å²) in [5.74, 6) is 0.706. The molecule has 1 rings (SSSR count). The third-order valence-corrected chi connectivity index (χ3v) is 2.29. The smallest absolute Gasteiger partial charge is 0.160 e. The highest BCUT2D eigenvalue weighted by atomic mass is 16.5. The molecule has 0 radical (unpaired) electrons. The number of phenols is 1. The van der Waals surface area contributed by atoms with Crippen LogP contribution >= 0.6 is 0 Å². The molecule has 78 valence electrons. The zero-order chi connectivity index (χ0) is 10.6. The summed E-state index contributed by atoms with van der Waals surface area (Å²) in [4.78, 5) is 2.17. The summed E-state index contributed by atoms with van der Waals surface area (Å²) in [5, 5.41) is 9.58. The number of hydrogen-bond donors (Lipinski definition) is 1. The summed E-state index contributed by atoms with van der Waals surface area (Å²) < 4.78 is 4.98. The van der Waals surface area contributed by atoms with E-state index in [4.69, 9.17) is 4.74 Å². The van der Waals surface area contributed by atoms with Crippen molar-refractivity contribution >= 4 is 5.69 Å². The van der Waals surface area contributed by atoms with Crippen LogP contribution in [0.15, 0.2) is 18.2 Å². The number of ether oxygens (including phenoxy) is 1. The minimum absolute atomic E-state index is 0.192. The van der Waals surface area contributed by atoms with Gasteiger partial charge in [0.1, 0.15) is 0 Å². The van der Waals surface area contributed by atoms with Gasteiger partial charge in [0.05, 0.1) is 7.11 Å². The summed E-state index contributed by atoms with van der Waals surface area (Å²) in [5.41, 5.74) is 1.02. The second kappa shape index (κ2) is 4.74. The van der Waals surface area contributed by atoms with Gasteiger partial charge in [-0.15, -0.1) is 0 Å². The van der Waals surface area contributed by atoms with Gasteiger partial charge in [0, 0.05) is 24.8 Å². The number of hydrogen-bond acceptors (Lipinski definition) is 3. The molecule has 0 aromatic heterocycles. The number of anilines is 1. The first-order valence-corrected chi connectivity index (χ1v) is 4.84. The van der Waals surface area contributed by atoms with Crippen molar-refractivity contribution in [1.82, 2.24) is 0 Å². The van der Waals surface area contributed by atoms with E-state index in [-0.39, 0.29) is 5.75 Å². The normalized spacial score (nSPS) is 9.93. The molecule has 0 heterocycles. The molecule has 1 aromatic rings. The van der Waals surface area contributed by atoms with Gasteiger partial charge >= 0.3 is 0 Å². The van der Waals surface area contributed by atoms with Gasteiger partial charge in [-0.25, -0.2) is 0 Å². The van der Waals surface area contributed by atoms with E-state index < -0.39 is 0 Å². The Kier molecular flexibility index (Phi) is 3.63. The Morgan fingerprint density at radius 2 is 1.93 bits per heavy atom. The minimum atomic E-state index is 0.192. The predicted molar refractivity (Wildman–Crippen MR) is 58.2 cm³/mol. The number of nitrogens with zero attached hydrogens (tertiary/aromatic N) is 1. The zero-order valence-electron chi connectivity index (χ0n) is 8.95. The highest BCUT2D eigenvalue weighted by Crippen LogP contribution is 2.30. The van der Waals surface area contributed by atoms with Crippen LogP contribution in [0.4, 0.5) is 5.69 Å². The fraction of sp³-hybridized carbons (Fsp3) is 0.455. The summed E-state index contributed by atoms with van der Waals surface area (Å²) in [6.07, 6.45) is 0. The zero-order valence-corrected chi connectivity index (χ0v) is 8.95. The molecule has 1 aromatic carbocycles. The van der Waals surface area contributed by atoms with Crippen molar-refractivity contribution in [2.45, 2.75) is 13.8 Å². The number of benzene rings is 1. The van der Waals surface area contributed by atoms with Gasteiger partial charge in [-0.05, 0) is 26.0 Å². The Hall–Kier alpha value is -1.38. The molecule has 0 aliphatic rings.